The maximum absolute atomic E-state index is 9.65. The largest absolute Gasteiger partial charge is 0.390 e. The van der Waals surface area contributed by atoms with Crippen LogP contribution in [-0.2, 0) is 0 Å². The molecule has 2 aromatic rings. The summed E-state index contributed by atoms with van der Waals surface area (Å²) < 4.78 is 1.72. The van der Waals surface area contributed by atoms with Crippen LogP contribution in [0.4, 0.5) is 0 Å². The van der Waals surface area contributed by atoms with Gasteiger partial charge in [0.25, 0.3) is 5.78 Å². The van der Waals surface area contributed by atoms with Gasteiger partial charge < -0.3 is 5.11 Å². The molecule has 0 saturated carbocycles. The first-order chi connectivity index (χ1) is 7.85. The van der Waals surface area contributed by atoms with Crippen LogP contribution in [0.15, 0.2) is 11.2 Å². The number of rotatable bonds is 3. The first-order valence-corrected chi connectivity index (χ1v) is 6.40. The number of nitrogens with zero attached hydrogens (tertiary/aromatic N) is 4. The van der Waals surface area contributed by atoms with Crippen LogP contribution in [0.3, 0.4) is 0 Å². The lowest BCUT2D eigenvalue weighted by Crippen LogP contribution is -2.21. The minimum atomic E-state index is -0.722. The van der Waals surface area contributed by atoms with Crippen molar-refractivity contribution in [3.63, 3.8) is 0 Å². The summed E-state index contributed by atoms with van der Waals surface area (Å²) >= 11 is 1.43. The molecule has 0 atom stereocenters. The molecular formula is C11H16N4OS. The first-order valence-electron chi connectivity index (χ1n) is 5.41. The summed E-state index contributed by atoms with van der Waals surface area (Å²) in [5.74, 6) is 1.17. The third-order valence-electron chi connectivity index (χ3n) is 2.15. The van der Waals surface area contributed by atoms with Crippen LogP contribution in [0.25, 0.3) is 5.78 Å². The van der Waals surface area contributed by atoms with E-state index in [1.54, 1.807) is 18.4 Å². The standard InChI is InChI=1S/C11H16N4OS/c1-7-5-8(2)15-9(12-7)13-10(14-15)17-6-11(3,4)16/h5,16H,6H2,1-4H3. The van der Waals surface area contributed by atoms with Crippen molar-refractivity contribution >= 4 is 17.5 Å². The van der Waals surface area contributed by atoms with Crippen molar-refractivity contribution in [2.75, 3.05) is 5.75 Å². The van der Waals surface area contributed by atoms with Crippen LogP contribution in [0, 0.1) is 13.8 Å². The van der Waals surface area contributed by atoms with E-state index < -0.39 is 5.60 Å². The first kappa shape index (κ1) is 12.3. The van der Waals surface area contributed by atoms with Gasteiger partial charge in [0.1, 0.15) is 0 Å². The number of aryl methyl sites for hydroxylation is 2. The van der Waals surface area contributed by atoms with E-state index in [1.807, 2.05) is 19.9 Å². The minimum Gasteiger partial charge on any atom is -0.390 e. The number of aliphatic hydroxyl groups is 1. The molecule has 0 radical (unpaired) electrons. The van der Waals surface area contributed by atoms with Gasteiger partial charge in [0.05, 0.1) is 5.60 Å². The fourth-order valence-electron chi connectivity index (χ4n) is 1.45. The SMILES string of the molecule is Cc1cc(C)n2nc(SCC(C)(C)O)nc2n1. The predicted molar refractivity (Wildman–Crippen MR) is 67.3 cm³/mol. The highest BCUT2D eigenvalue weighted by Gasteiger charge is 2.15. The van der Waals surface area contributed by atoms with Gasteiger partial charge in [-0.05, 0) is 33.8 Å². The van der Waals surface area contributed by atoms with Gasteiger partial charge in [0.2, 0.25) is 5.16 Å². The monoisotopic (exact) mass is 252 g/mol. The zero-order chi connectivity index (χ0) is 12.6. The van der Waals surface area contributed by atoms with Gasteiger partial charge >= 0.3 is 0 Å². The van der Waals surface area contributed by atoms with E-state index in [0.717, 1.165) is 11.4 Å². The summed E-state index contributed by atoms with van der Waals surface area (Å²) in [6, 6.07) is 1.96. The van der Waals surface area contributed by atoms with Crippen molar-refractivity contribution < 1.29 is 5.11 Å². The second-order valence-electron chi connectivity index (χ2n) is 4.75. The Morgan fingerprint density at radius 3 is 2.71 bits per heavy atom. The van der Waals surface area contributed by atoms with Crippen molar-refractivity contribution in [3.05, 3.63) is 17.5 Å². The van der Waals surface area contributed by atoms with Crippen molar-refractivity contribution in [2.24, 2.45) is 0 Å². The molecular weight excluding hydrogens is 236 g/mol. The van der Waals surface area contributed by atoms with Gasteiger partial charge in [0.15, 0.2) is 0 Å². The third-order valence-corrected chi connectivity index (χ3v) is 3.44. The van der Waals surface area contributed by atoms with Gasteiger partial charge in [-0.25, -0.2) is 9.50 Å². The van der Waals surface area contributed by atoms with Crippen molar-refractivity contribution in [2.45, 2.75) is 38.5 Å². The molecule has 92 valence electrons. The summed E-state index contributed by atoms with van der Waals surface area (Å²) in [5.41, 5.74) is 1.22. The van der Waals surface area contributed by atoms with Gasteiger partial charge in [-0.3, -0.25) is 0 Å². The lowest BCUT2D eigenvalue weighted by Gasteiger charge is -2.14. The molecule has 0 spiro atoms. The summed E-state index contributed by atoms with van der Waals surface area (Å²) in [6.45, 7) is 7.44. The summed E-state index contributed by atoms with van der Waals surface area (Å²) in [5, 5.41) is 14.7. The molecule has 2 aromatic heterocycles. The Balaban J connectivity index is 2.29. The van der Waals surface area contributed by atoms with E-state index in [2.05, 4.69) is 15.1 Å². The number of thioether (sulfide) groups is 1. The van der Waals surface area contributed by atoms with Crippen molar-refractivity contribution in [1.82, 2.24) is 19.6 Å². The van der Waals surface area contributed by atoms with Crippen LogP contribution < -0.4 is 0 Å². The molecule has 0 unspecified atom stereocenters. The fourth-order valence-corrected chi connectivity index (χ4v) is 2.22. The highest BCUT2D eigenvalue weighted by Crippen LogP contribution is 2.19. The number of aromatic nitrogens is 4. The number of hydrogen-bond donors (Lipinski definition) is 1. The van der Waals surface area contributed by atoms with Crippen LogP contribution in [0.1, 0.15) is 25.2 Å². The van der Waals surface area contributed by atoms with Crippen molar-refractivity contribution in [3.8, 4) is 0 Å². The van der Waals surface area contributed by atoms with Crippen LogP contribution in [0.2, 0.25) is 0 Å². The smallest absolute Gasteiger partial charge is 0.253 e. The summed E-state index contributed by atoms with van der Waals surface area (Å²) in [6.07, 6.45) is 0. The van der Waals surface area contributed by atoms with E-state index in [0.29, 0.717) is 16.7 Å². The van der Waals surface area contributed by atoms with Gasteiger partial charge in [-0.2, -0.15) is 4.98 Å². The molecule has 17 heavy (non-hydrogen) atoms. The molecule has 2 heterocycles. The molecule has 0 saturated heterocycles. The molecule has 1 N–H and O–H groups in total. The highest BCUT2D eigenvalue weighted by atomic mass is 32.2. The Hall–Kier alpha value is -1.14. The van der Waals surface area contributed by atoms with Crippen LogP contribution in [-0.4, -0.2) is 36.0 Å². The molecule has 2 rings (SSSR count). The van der Waals surface area contributed by atoms with Gasteiger partial charge in [0, 0.05) is 17.1 Å². The number of hydrogen-bond acceptors (Lipinski definition) is 5. The Morgan fingerprint density at radius 1 is 1.35 bits per heavy atom. The van der Waals surface area contributed by atoms with E-state index in [-0.39, 0.29) is 0 Å². The highest BCUT2D eigenvalue weighted by molar-refractivity contribution is 7.99. The van der Waals surface area contributed by atoms with E-state index >= 15 is 0 Å². The Labute approximate surface area is 104 Å². The van der Waals surface area contributed by atoms with Crippen molar-refractivity contribution in [1.29, 1.82) is 0 Å². The fraction of sp³-hybridized carbons (Fsp3) is 0.545. The minimum absolute atomic E-state index is 0.557. The average molecular weight is 252 g/mol. The topological polar surface area (TPSA) is 63.3 Å². The predicted octanol–water partition coefficient (Wildman–Crippen LogP) is 1.60. The van der Waals surface area contributed by atoms with E-state index in [1.165, 1.54) is 11.8 Å². The molecule has 0 aliphatic carbocycles. The molecule has 0 amide bonds. The quantitative estimate of drug-likeness (QED) is 0.841. The van der Waals surface area contributed by atoms with E-state index in [9.17, 15) is 5.11 Å². The lowest BCUT2D eigenvalue weighted by molar-refractivity contribution is 0.107. The molecule has 5 nitrogen and oxygen atoms in total. The number of fused-ring (bicyclic) bond motifs is 1. The Morgan fingerprint density at radius 2 is 2.06 bits per heavy atom. The molecule has 0 fully saturated rings. The van der Waals surface area contributed by atoms with Gasteiger partial charge in [-0.15, -0.1) is 5.10 Å². The summed E-state index contributed by atoms with van der Waals surface area (Å²) in [7, 11) is 0. The molecule has 0 aliphatic heterocycles. The second-order valence-corrected chi connectivity index (χ2v) is 5.69. The van der Waals surface area contributed by atoms with E-state index in [4.69, 9.17) is 0 Å². The molecule has 0 aliphatic rings. The molecule has 6 heteroatoms. The zero-order valence-electron chi connectivity index (χ0n) is 10.4. The molecule has 0 bridgehead atoms. The zero-order valence-corrected chi connectivity index (χ0v) is 11.2. The Bertz CT molecular complexity index is 544. The maximum atomic E-state index is 9.65. The lowest BCUT2D eigenvalue weighted by atomic mass is 10.2. The Kier molecular flexibility index (Phi) is 3.09. The summed E-state index contributed by atoms with van der Waals surface area (Å²) in [4.78, 5) is 8.65. The van der Waals surface area contributed by atoms with Gasteiger partial charge in [-0.1, -0.05) is 11.8 Å². The van der Waals surface area contributed by atoms with Crippen LogP contribution >= 0.6 is 11.8 Å². The average Bonchev–Trinajstić information content (AvgIpc) is 2.56. The third kappa shape index (κ3) is 2.95. The van der Waals surface area contributed by atoms with Crippen LogP contribution in [0.5, 0.6) is 0 Å². The maximum Gasteiger partial charge on any atom is 0.253 e. The second kappa shape index (κ2) is 4.27. The normalized spacial score (nSPS) is 12.3. The molecule has 0 aromatic carbocycles.